The van der Waals surface area contributed by atoms with Crippen LogP contribution in [0.4, 0.5) is 0 Å². The summed E-state index contributed by atoms with van der Waals surface area (Å²) in [5.41, 5.74) is 3.24. The number of nitrogens with zero attached hydrogens (tertiary/aromatic N) is 1. The van der Waals surface area contributed by atoms with Crippen LogP contribution < -0.4 is 5.32 Å². The van der Waals surface area contributed by atoms with Crippen LogP contribution in [0.1, 0.15) is 49.7 Å². The molecule has 2 aromatic carbocycles. The molecule has 4 heteroatoms. The van der Waals surface area contributed by atoms with Crippen LogP contribution >= 0.6 is 0 Å². The van der Waals surface area contributed by atoms with Gasteiger partial charge in [0.05, 0.1) is 12.3 Å². The van der Waals surface area contributed by atoms with Gasteiger partial charge in [-0.1, -0.05) is 61.5 Å². The van der Waals surface area contributed by atoms with Crippen LogP contribution in [0.15, 0.2) is 54.6 Å². The predicted molar refractivity (Wildman–Crippen MR) is 119 cm³/mol. The zero-order valence-corrected chi connectivity index (χ0v) is 17.6. The van der Waals surface area contributed by atoms with Crippen molar-refractivity contribution in [2.45, 2.75) is 46.1 Å². The summed E-state index contributed by atoms with van der Waals surface area (Å²) in [5.74, 6) is -0.347. The van der Waals surface area contributed by atoms with Crippen LogP contribution in [0.2, 0.25) is 0 Å². The molecule has 0 aliphatic heterocycles. The van der Waals surface area contributed by atoms with Crippen molar-refractivity contribution in [3.63, 3.8) is 0 Å². The average Bonchev–Trinajstić information content (AvgIpc) is 2.76. The molecule has 0 amide bonds. The Morgan fingerprint density at radius 3 is 2.41 bits per heavy atom. The Kier molecular flexibility index (Phi) is 7.36. The van der Waals surface area contributed by atoms with Gasteiger partial charge in [-0.3, -0.25) is 0 Å². The third-order valence-electron chi connectivity index (χ3n) is 5.24. The fraction of sp³-hybridized carbons (Fsp3) is 0.360. The number of carbonyl (C=O) groups excluding carboxylic acids is 1. The molecule has 0 bridgehead atoms. The standard InChI is InChI=1S/C25H30N2O2/c1-4-18(3)26-17-11-16-22-20-14-9-10-15-21(20)23(19-12-7-6-8-13-19)27-24(22)25(28)29-5-2/h6-10,12-15,18,26H,4-5,11,16-17H2,1-3H3. The van der Waals surface area contributed by atoms with E-state index in [4.69, 9.17) is 9.72 Å². The molecule has 0 fully saturated rings. The molecule has 29 heavy (non-hydrogen) atoms. The number of nitrogens with one attached hydrogen (secondary N) is 1. The van der Waals surface area contributed by atoms with Crippen LogP contribution in [-0.2, 0) is 11.2 Å². The first-order chi connectivity index (χ1) is 14.2. The lowest BCUT2D eigenvalue weighted by Crippen LogP contribution is -2.26. The highest BCUT2D eigenvalue weighted by molar-refractivity contribution is 6.02. The molecule has 0 aliphatic rings. The van der Waals surface area contributed by atoms with E-state index in [0.717, 1.165) is 53.4 Å². The first-order valence-electron chi connectivity index (χ1n) is 10.5. The second-order valence-corrected chi connectivity index (χ2v) is 7.29. The smallest absolute Gasteiger partial charge is 0.357 e. The number of fused-ring (bicyclic) bond motifs is 1. The minimum absolute atomic E-state index is 0.336. The van der Waals surface area contributed by atoms with E-state index in [1.54, 1.807) is 0 Å². The van der Waals surface area contributed by atoms with E-state index >= 15 is 0 Å². The number of hydrogen-bond donors (Lipinski definition) is 1. The average molecular weight is 391 g/mol. The van der Waals surface area contributed by atoms with Gasteiger partial charge in [-0.2, -0.15) is 0 Å². The Balaban J connectivity index is 2.06. The van der Waals surface area contributed by atoms with Gasteiger partial charge in [0, 0.05) is 17.0 Å². The molecule has 152 valence electrons. The SMILES string of the molecule is CCOC(=O)c1nc(-c2ccccc2)c2ccccc2c1CCCNC(C)CC. The zero-order chi connectivity index (χ0) is 20.6. The molecule has 4 nitrogen and oxygen atoms in total. The van der Waals surface area contributed by atoms with E-state index in [1.807, 2.05) is 49.4 Å². The van der Waals surface area contributed by atoms with Gasteiger partial charge in [-0.05, 0) is 50.6 Å². The fourth-order valence-electron chi connectivity index (χ4n) is 3.52. The second-order valence-electron chi connectivity index (χ2n) is 7.29. The van der Waals surface area contributed by atoms with Gasteiger partial charge in [0.15, 0.2) is 5.69 Å². The molecule has 1 aromatic heterocycles. The minimum Gasteiger partial charge on any atom is -0.461 e. The molecular formula is C25H30N2O2. The Morgan fingerprint density at radius 1 is 1.03 bits per heavy atom. The fourth-order valence-corrected chi connectivity index (χ4v) is 3.52. The first kappa shape index (κ1) is 21.0. The Bertz CT molecular complexity index is 954. The summed E-state index contributed by atoms with van der Waals surface area (Å²) in [6, 6.07) is 18.7. The normalized spacial score (nSPS) is 12.1. The van der Waals surface area contributed by atoms with Crippen molar-refractivity contribution >= 4 is 16.7 Å². The minimum atomic E-state index is -0.347. The van der Waals surface area contributed by atoms with Crippen molar-refractivity contribution < 1.29 is 9.53 Å². The highest BCUT2D eigenvalue weighted by Crippen LogP contribution is 2.31. The molecule has 0 spiro atoms. The topological polar surface area (TPSA) is 51.2 Å². The molecule has 3 rings (SSSR count). The molecule has 3 aromatic rings. The van der Waals surface area contributed by atoms with Crippen LogP contribution in [0, 0.1) is 0 Å². The summed E-state index contributed by atoms with van der Waals surface area (Å²) in [7, 11) is 0. The summed E-state index contributed by atoms with van der Waals surface area (Å²) < 4.78 is 5.35. The van der Waals surface area contributed by atoms with Crippen molar-refractivity contribution in [1.82, 2.24) is 10.3 Å². The molecular weight excluding hydrogens is 360 g/mol. The molecule has 0 aliphatic carbocycles. The maximum absolute atomic E-state index is 12.8. The van der Waals surface area contributed by atoms with Gasteiger partial charge in [0.2, 0.25) is 0 Å². The Morgan fingerprint density at radius 2 is 1.72 bits per heavy atom. The van der Waals surface area contributed by atoms with E-state index < -0.39 is 0 Å². The van der Waals surface area contributed by atoms with Crippen molar-refractivity contribution in [1.29, 1.82) is 0 Å². The van der Waals surface area contributed by atoms with Gasteiger partial charge in [0.1, 0.15) is 0 Å². The van der Waals surface area contributed by atoms with Crippen molar-refractivity contribution in [2.24, 2.45) is 0 Å². The number of hydrogen-bond acceptors (Lipinski definition) is 4. The summed E-state index contributed by atoms with van der Waals surface area (Å²) in [5, 5.41) is 5.67. The molecule has 1 heterocycles. The summed E-state index contributed by atoms with van der Waals surface area (Å²) >= 11 is 0. The molecule has 0 saturated heterocycles. The number of rotatable bonds is 9. The zero-order valence-electron chi connectivity index (χ0n) is 17.6. The summed E-state index contributed by atoms with van der Waals surface area (Å²) in [6.07, 6.45) is 2.82. The van der Waals surface area contributed by atoms with Crippen LogP contribution in [0.3, 0.4) is 0 Å². The molecule has 0 radical (unpaired) electrons. The lowest BCUT2D eigenvalue weighted by Gasteiger charge is -2.16. The van der Waals surface area contributed by atoms with Crippen molar-refractivity contribution in [2.75, 3.05) is 13.2 Å². The number of aryl methyl sites for hydroxylation is 1. The summed E-state index contributed by atoms with van der Waals surface area (Å²) in [4.78, 5) is 17.6. The first-order valence-corrected chi connectivity index (χ1v) is 10.5. The van der Waals surface area contributed by atoms with E-state index in [-0.39, 0.29) is 5.97 Å². The number of ether oxygens (including phenoxy) is 1. The second kappa shape index (κ2) is 10.2. The maximum atomic E-state index is 12.8. The van der Waals surface area contributed by atoms with E-state index in [2.05, 4.69) is 31.3 Å². The lowest BCUT2D eigenvalue weighted by molar-refractivity contribution is 0.0518. The number of benzene rings is 2. The van der Waals surface area contributed by atoms with Crippen molar-refractivity contribution in [3.05, 3.63) is 65.9 Å². The van der Waals surface area contributed by atoms with E-state index in [1.165, 1.54) is 0 Å². The lowest BCUT2D eigenvalue weighted by atomic mass is 9.95. The Hall–Kier alpha value is -2.72. The van der Waals surface area contributed by atoms with Crippen LogP contribution in [0.5, 0.6) is 0 Å². The summed E-state index contributed by atoms with van der Waals surface area (Å²) in [6.45, 7) is 7.44. The third-order valence-corrected chi connectivity index (χ3v) is 5.24. The number of esters is 1. The highest BCUT2D eigenvalue weighted by Gasteiger charge is 2.20. The maximum Gasteiger partial charge on any atom is 0.357 e. The largest absolute Gasteiger partial charge is 0.461 e. The quantitative estimate of drug-likeness (QED) is 0.393. The number of carbonyl (C=O) groups is 1. The number of aromatic nitrogens is 1. The Labute approximate surface area is 173 Å². The number of pyridine rings is 1. The monoisotopic (exact) mass is 390 g/mol. The highest BCUT2D eigenvalue weighted by atomic mass is 16.5. The van der Waals surface area contributed by atoms with Gasteiger partial charge in [-0.15, -0.1) is 0 Å². The van der Waals surface area contributed by atoms with Gasteiger partial charge >= 0.3 is 5.97 Å². The van der Waals surface area contributed by atoms with Gasteiger partial charge in [-0.25, -0.2) is 9.78 Å². The van der Waals surface area contributed by atoms with Crippen molar-refractivity contribution in [3.8, 4) is 11.3 Å². The van der Waals surface area contributed by atoms with Crippen LogP contribution in [0.25, 0.3) is 22.0 Å². The van der Waals surface area contributed by atoms with Crippen LogP contribution in [-0.4, -0.2) is 30.1 Å². The third kappa shape index (κ3) is 5.01. The molecule has 1 N–H and O–H groups in total. The van der Waals surface area contributed by atoms with Gasteiger partial charge < -0.3 is 10.1 Å². The molecule has 1 unspecified atom stereocenters. The van der Waals surface area contributed by atoms with Gasteiger partial charge in [0.25, 0.3) is 0 Å². The predicted octanol–water partition coefficient (Wildman–Crippen LogP) is 5.40. The molecule has 0 saturated carbocycles. The van der Waals surface area contributed by atoms with E-state index in [9.17, 15) is 4.79 Å². The molecule has 1 atom stereocenters. The van der Waals surface area contributed by atoms with E-state index in [0.29, 0.717) is 18.3 Å².